The van der Waals surface area contributed by atoms with Crippen molar-refractivity contribution in [2.75, 3.05) is 5.32 Å². The molecule has 0 unspecified atom stereocenters. The van der Waals surface area contributed by atoms with Gasteiger partial charge < -0.3 is 10.4 Å². The minimum absolute atomic E-state index is 0.0256. The van der Waals surface area contributed by atoms with Crippen molar-refractivity contribution < 1.29 is 9.90 Å². The van der Waals surface area contributed by atoms with Crippen molar-refractivity contribution in [2.24, 2.45) is 0 Å². The third kappa shape index (κ3) is 4.49. The Morgan fingerprint density at radius 3 is 2.64 bits per heavy atom. The lowest BCUT2D eigenvalue weighted by atomic mass is 10.1. The zero-order valence-electron chi connectivity index (χ0n) is 15.6. The van der Waals surface area contributed by atoms with E-state index in [-0.39, 0.29) is 6.42 Å². The van der Waals surface area contributed by atoms with Crippen LogP contribution < -0.4 is 5.32 Å². The summed E-state index contributed by atoms with van der Waals surface area (Å²) in [5.41, 5.74) is 4.94. The van der Waals surface area contributed by atoms with Gasteiger partial charge in [0.05, 0.1) is 6.42 Å². The van der Waals surface area contributed by atoms with Gasteiger partial charge >= 0.3 is 5.97 Å². The number of benzene rings is 1. The van der Waals surface area contributed by atoms with Crippen molar-refractivity contribution in [2.45, 2.75) is 38.5 Å². The van der Waals surface area contributed by atoms with Gasteiger partial charge in [0.15, 0.2) is 0 Å². The maximum atomic E-state index is 10.7. The lowest BCUT2D eigenvalue weighted by Gasteiger charge is -2.10. The van der Waals surface area contributed by atoms with Gasteiger partial charge in [-0.05, 0) is 49.1 Å². The van der Waals surface area contributed by atoms with Crippen LogP contribution in [-0.4, -0.2) is 31.0 Å². The molecule has 0 bridgehead atoms. The Hall–Kier alpha value is -3.35. The molecule has 0 atom stereocenters. The number of anilines is 2. The van der Waals surface area contributed by atoms with Gasteiger partial charge in [-0.1, -0.05) is 6.07 Å². The molecule has 0 radical (unpaired) electrons. The molecule has 142 valence electrons. The molecule has 0 aliphatic heterocycles. The molecule has 2 N–H and O–H groups in total. The van der Waals surface area contributed by atoms with E-state index < -0.39 is 5.97 Å². The molecule has 2 aromatic heterocycles. The molecular weight excluding hydrogens is 354 g/mol. The Balaban J connectivity index is 1.53. The number of carbonyl (C=O) groups is 1. The van der Waals surface area contributed by atoms with Crippen LogP contribution in [0, 0.1) is 6.92 Å². The topological polar surface area (TPSA) is 101 Å². The maximum Gasteiger partial charge on any atom is 0.303 e. The fourth-order valence-corrected chi connectivity index (χ4v) is 3.04. The van der Waals surface area contributed by atoms with E-state index >= 15 is 0 Å². The first kappa shape index (κ1) is 18.0. The third-order valence-corrected chi connectivity index (χ3v) is 4.61. The summed E-state index contributed by atoms with van der Waals surface area (Å²) in [4.78, 5) is 28.2. The number of carboxylic acid groups (broad SMARTS) is 1. The highest BCUT2D eigenvalue weighted by molar-refractivity contribution is 5.70. The van der Waals surface area contributed by atoms with Gasteiger partial charge in [-0.15, -0.1) is 0 Å². The quantitative estimate of drug-likeness (QED) is 0.646. The molecule has 2 heterocycles. The molecule has 7 nitrogen and oxygen atoms in total. The van der Waals surface area contributed by atoms with Gasteiger partial charge in [0.1, 0.15) is 5.82 Å². The first-order valence-corrected chi connectivity index (χ1v) is 9.31. The predicted octanol–water partition coefficient (Wildman–Crippen LogP) is 3.88. The minimum Gasteiger partial charge on any atom is -0.481 e. The highest BCUT2D eigenvalue weighted by Gasteiger charge is 2.25. The molecule has 0 saturated heterocycles. The van der Waals surface area contributed by atoms with Crippen molar-refractivity contribution >= 4 is 17.6 Å². The molecule has 3 aromatic rings. The Morgan fingerprint density at radius 1 is 1.14 bits per heavy atom. The van der Waals surface area contributed by atoms with Gasteiger partial charge in [-0.2, -0.15) is 0 Å². The number of carboxylic acids is 1. The van der Waals surface area contributed by atoms with Crippen molar-refractivity contribution in [3.05, 3.63) is 59.9 Å². The van der Waals surface area contributed by atoms with E-state index in [4.69, 9.17) is 5.11 Å². The standard InChI is InChI=1S/C21H21N5O2/c1-13-8-15(16-11-23-19(24-12-16)4-5-20(27)28)10-17(9-13)25-21-22-7-6-18(26-21)14-2-3-14/h6-12,14H,2-5H2,1H3,(H,27,28)(H,22,25,26). The number of aromatic nitrogens is 4. The van der Waals surface area contributed by atoms with Gasteiger partial charge in [0.25, 0.3) is 0 Å². The number of hydrogen-bond acceptors (Lipinski definition) is 6. The van der Waals surface area contributed by atoms with Crippen LogP contribution in [0.2, 0.25) is 0 Å². The Labute approximate surface area is 162 Å². The lowest BCUT2D eigenvalue weighted by Crippen LogP contribution is -2.02. The summed E-state index contributed by atoms with van der Waals surface area (Å²) in [7, 11) is 0. The Morgan fingerprint density at radius 2 is 1.93 bits per heavy atom. The number of rotatable bonds is 7. The van der Waals surface area contributed by atoms with Gasteiger partial charge in [-0.25, -0.2) is 19.9 Å². The van der Waals surface area contributed by atoms with Gasteiger partial charge in [-0.3, -0.25) is 4.79 Å². The summed E-state index contributed by atoms with van der Waals surface area (Å²) >= 11 is 0. The fraction of sp³-hybridized carbons (Fsp3) is 0.286. The number of nitrogens with zero attached hydrogens (tertiary/aromatic N) is 4. The van der Waals surface area contributed by atoms with Crippen LogP contribution in [0.25, 0.3) is 11.1 Å². The summed E-state index contributed by atoms with van der Waals surface area (Å²) in [6.45, 7) is 2.03. The van der Waals surface area contributed by atoms with Crippen LogP contribution in [0.1, 0.15) is 42.3 Å². The summed E-state index contributed by atoms with van der Waals surface area (Å²) in [5, 5.41) is 12.1. The van der Waals surface area contributed by atoms with Crippen LogP contribution in [0.5, 0.6) is 0 Å². The third-order valence-electron chi connectivity index (χ3n) is 4.61. The molecular formula is C21H21N5O2. The highest BCUT2D eigenvalue weighted by Crippen LogP contribution is 2.39. The van der Waals surface area contributed by atoms with Gasteiger partial charge in [0, 0.05) is 47.9 Å². The molecule has 1 aromatic carbocycles. The number of aryl methyl sites for hydroxylation is 2. The monoisotopic (exact) mass is 375 g/mol. The average molecular weight is 375 g/mol. The molecule has 4 rings (SSSR count). The number of nitrogens with one attached hydrogen (secondary N) is 1. The van der Waals surface area contributed by atoms with E-state index in [2.05, 4.69) is 31.3 Å². The van der Waals surface area contributed by atoms with Crippen LogP contribution in [0.4, 0.5) is 11.6 Å². The molecule has 1 saturated carbocycles. The molecule has 0 spiro atoms. The largest absolute Gasteiger partial charge is 0.481 e. The number of aliphatic carboxylic acids is 1. The van der Waals surface area contributed by atoms with E-state index in [0.29, 0.717) is 24.1 Å². The Bertz CT molecular complexity index is 1000. The summed E-state index contributed by atoms with van der Waals surface area (Å²) in [6, 6.07) is 8.09. The van der Waals surface area contributed by atoms with E-state index in [1.54, 1.807) is 18.6 Å². The van der Waals surface area contributed by atoms with Crippen molar-refractivity contribution in [1.29, 1.82) is 0 Å². The van der Waals surface area contributed by atoms with Gasteiger partial charge in [0.2, 0.25) is 5.95 Å². The molecule has 1 fully saturated rings. The van der Waals surface area contributed by atoms with Crippen LogP contribution in [0.15, 0.2) is 42.9 Å². The summed E-state index contributed by atoms with van der Waals surface area (Å²) < 4.78 is 0. The maximum absolute atomic E-state index is 10.7. The first-order valence-electron chi connectivity index (χ1n) is 9.31. The van der Waals surface area contributed by atoms with E-state index in [9.17, 15) is 4.79 Å². The molecule has 7 heteroatoms. The fourth-order valence-electron chi connectivity index (χ4n) is 3.04. The van der Waals surface area contributed by atoms with Crippen molar-refractivity contribution in [1.82, 2.24) is 19.9 Å². The molecule has 1 aliphatic carbocycles. The molecule has 1 aliphatic rings. The minimum atomic E-state index is -0.852. The normalized spacial score (nSPS) is 13.3. The van der Waals surface area contributed by atoms with Crippen LogP contribution in [-0.2, 0) is 11.2 Å². The lowest BCUT2D eigenvalue weighted by molar-refractivity contribution is -0.137. The second kappa shape index (κ2) is 7.72. The highest BCUT2D eigenvalue weighted by atomic mass is 16.4. The summed E-state index contributed by atoms with van der Waals surface area (Å²) in [6.07, 6.45) is 8.01. The number of hydrogen-bond donors (Lipinski definition) is 2. The van der Waals surface area contributed by atoms with E-state index in [0.717, 1.165) is 28.1 Å². The second-order valence-corrected chi connectivity index (χ2v) is 7.07. The van der Waals surface area contributed by atoms with Crippen LogP contribution >= 0.6 is 0 Å². The molecule has 28 heavy (non-hydrogen) atoms. The Kier molecular flexibility index (Phi) is 4.97. The van der Waals surface area contributed by atoms with E-state index in [1.807, 2.05) is 25.1 Å². The van der Waals surface area contributed by atoms with Crippen LogP contribution in [0.3, 0.4) is 0 Å². The zero-order valence-corrected chi connectivity index (χ0v) is 15.6. The second-order valence-electron chi connectivity index (χ2n) is 7.07. The zero-order chi connectivity index (χ0) is 19.5. The smallest absolute Gasteiger partial charge is 0.303 e. The molecule has 0 amide bonds. The first-order chi connectivity index (χ1) is 13.6. The van der Waals surface area contributed by atoms with Crippen molar-refractivity contribution in [3.8, 4) is 11.1 Å². The summed E-state index contributed by atoms with van der Waals surface area (Å²) in [5.74, 6) is 0.854. The van der Waals surface area contributed by atoms with E-state index in [1.165, 1.54) is 12.8 Å². The predicted molar refractivity (Wildman–Crippen MR) is 105 cm³/mol. The average Bonchev–Trinajstić information content (AvgIpc) is 3.52. The van der Waals surface area contributed by atoms with Crippen molar-refractivity contribution in [3.63, 3.8) is 0 Å². The SMILES string of the molecule is Cc1cc(Nc2nccc(C3CC3)n2)cc(-c2cnc(CCC(=O)O)nc2)c1.